The summed E-state index contributed by atoms with van der Waals surface area (Å²) in [5.74, 6) is -4.87. The van der Waals surface area contributed by atoms with Crippen LogP contribution in [0.4, 0.5) is 0 Å². The Balaban J connectivity index is -0.00000000421. The number of aliphatic carboxylic acids is 4. The van der Waals surface area contributed by atoms with E-state index in [0.29, 0.717) is 0 Å². The van der Waals surface area contributed by atoms with Gasteiger partial charge in [-0.3, -0.25) is 0 Å². The largest absolute Gasteiger partial charge is 4.00 e. The average molecular weight is 971 g/mol. The molecule has 248 valence electrons. The second-order valence-electron chi connectivity index (χ2n) is 2.30. The van der Waals surface area contributed by atoms with Crippen LogP contribution in [0.1, 0.15) is 0 Å². The Morgan fingerprint density at radius 3 is 0.351 bits per heavy atom. The second kappa shape index (κ2) is 155. The molecular formula is C8H32Cl16N4O8Zr. The molecule has 0 bridgehead atoms. The van der Waals surface area contributed by atoms with Crippen molar-refractivity contribution in [2.24, 2.45) is 22.9 Å². The number of halogens is 16. The minimum atomic E-state index is -1.22. The minimum Gasteiger partial charge on any atom is -0.549 e. The SMILES string of the molecule is Cl.Cl.Cl.Cl.Cl.Cl.Cl.Cl.Cl.Cl.Cl.Cl.Cl.Cl.Cl.Cl.NCC(=O)[O-].NCC(=O)[O-].NCC(=O)[O-].NCC(=O)[O-].[Zr+4]. The molecule has 0 aromatic rings. The molecule has 0 rings (SSSR count). The molecule has 0 aromatic heterocycles. The van der Waals surface area contributed by atoms with Gasteiger partial charge in [0.2, 0.25) is 0 Å². The van der Waals surface area contributed by atoms with Crippen LogP contribution in [0.25, 0.3) is 0 Å². The van der Waals surface area contributed by atoms with Crippen molar-refractivity contribution in [3.63, 3.8) is 0 Å². The van der Waals surface area contributed by atoms with Crippen molar-refractivity contribution in [2.75, 3.05) is 26.2 Å². The van der Waals surface area contributed by atoms with Gasteiger partial charge in [0, 0.05) is 26.2 Å². The van der Waals surface area contributed by atoms with Gasteiger partial charge in [-0.25, -0.2) is 0 Å². The fraction of sp³-hybridized carbons (Fsp3) is 0.500. The predicted octanol–water partition coefficient (Wildman–Crippen LogP) is -2.47. The van der Waals surface area contributed by atoms with Gasteiger partial charge in [-0.2, -0.15) is 0 Å². The van der Waals surface area contributed by atoms with Crippen LogP contribution in [0.3, 0.4) is 0 Å². The smallest absolute Gasteiger partial charge is 0.549 e. The Kier molecular flexibility index (Phi) is 701. The normalized spacial score (nSPS) is 4.00. The molecule has 0 saturated heterocycles. The molecule has 0 aliphatic heterocycles. The maximum atomic E-state index is 9.13. The van der Waals surface area contributed by atoms with E-state index in [4.69, 9.17) is 39.6 Å². The number of hydrogen-bond acceptors (Lipinski definition) is 12. The molecule has 0 aromatic carbocycles. The molecule has 8 N–H and O–H groups in total. The van der Waals surface area contributed by atoms with E-state index in [1.54, 1.807) is 0 Å². The molecule has 0 spiro atoms. The van der Waals surface area contributed by atoms with Crippen LogP contribution in [0.2, 0.25) is 0 Å². The zero-order chi connectivity index (χ0) is 17.1. The molecule has 0 atom stereocenters. The molecule has 12 nitrogen and oxygen atoms in total. The molecule has 0 aliphatic carbocycles. The summed E-state index contributed by atoms with van der Waals surface area (Å²) in [6, 6.07) is 0. The number of carboxylic acid groups (broad SMARTS) is 4. The number of carbonyl (C=O) groups is 4. The number of hydrogen-bond donors (Lipinski definition) is 4. The van der Waals surface area contributed by atoms with Crippen LogP contribution >= 0.6 is 199 Å². The Hall–Kier alpha value is 3.24. The van der Waals surface area contributed by atoms with E-state index in [0.717, 1.165) is 0 Å². The Labute approximate surface area is 333 Å². The van der Waals surface area contributed by atoms with Crippen LogP contribution in [0.5, 0.6) is 0 Å². The molecule has 0 heterocycles. The van der Waals surface area contributed by atoms with Crippen LogP contribution in [0, 0.1) is 0 Å². The van der Waals surface area contributed by atoms with Gasteiger partial charge in [-0.1, -0.05) is 0 Å². The summed E-state index contributed by atoms with van der Waals surface area (Å²) < 4.78 is 0. The Bertz CT molecular complexity index is 270. The maximum Gasteiger partial charge on any atom is 4.00 e. The summed E-state index contributed by atoms with van der Waals surface area (Å²) in [6.45, 7) is -1.56. The van der Waals surface area contributed by atoms with Gasteiger partial charge in [-0.05, 0) is 0 Å². The molecule has 0 radical (unpaired) electrons. The van der Waals surface area contributed by atoms with Crippen molar-refractivity contribution in [3.05, 3.63) is 0 Å². The van der Waals surface area contributed by atoms with E-state index >= 15 is 0 Å². The number of carboxylic acids is 4. The molecular weight excluding hydrogens is 939 g/mol. The Morgan fingerprint density at radius 2 is 0.351 bits per heavy atom. The molecule has 0 amide bonds. The van der Waals surface area contributed by atoms with Gasteiger partial charge in [0.1, 0.15) is 0 Å². The first-order valence-corrected chi connectivity index (χ1v) is 4.68. The third-order valence-electron chi connectivity index (χ3n) is 0.667. The van der Waals surface area contributed by atoms with Crippen molar-refractivity contribution in [3.8, 4) is 0 Å². The number of carbonyl (C=O) groups excluding carboxylic acids is 4. The summed E-state index contributed by atoms with van der Waals surface area (Å²) >= 11 is 0. The standard InChI is InChI=1S/4C2H5NO2.16ClH.Zr/c4*3-1-2(4)5;;;;;;;;;;;;;;;;;/h4*1,3H2,(H,4,5);16*1H;/q;;;;;;;;;;;;;;;;;;;;+4/p-4. The summed E-state index contributed by atoms with van der Waals surface area (Å²) in [7, 11) is 0. The summed E-state index contributed by atoms with van der Waals surface area (Å²) in [5.41, 5.74) is 18.0. The Morgan fingerprint density at radius 1 is 0.324 bits per heavy atom. The van der Waals surface area contributed by atoms with Gasteiger partial charge in [0.05, 0.1) is 23.9 Å². The average Bonchev–Trinajstić information content (AvgIpc) is 2.40. The summed E-state index contributed by atoms with van der Waals surface area (Å²) in [6.07, 6.45) is 0. The van der Waals surface area contributed by atoms with E-state index < -0.39 is 23.9 Å². The zero-order valence-electron chi connectivity index (χ0n) is 17.4. The zero-order valence-corrected chi connectivity index (χ0v) is 33.0. The fourth-order valence-electron chi connectivity index (χ4n) is 0. The third kappa shape index (κ3) is 431. The van der Waals surface area contributed by atoms with E-state index in [9.17, 15) is 0 Å². The van der Waals surface area contributed by atoms with Crippen LogP contribution in [-0.2, 0) is 45.4 Å². The summed E-state index contributed by atoms with van der Waals surface area (Å²) in [5, 5.41) is 36.5. The van der Waals surface area contributed by atoms with Gasteiger partial charge < -0.3 is 62.5 Å². The van der Waals surface area contributed by atoms with Gasteiger partial charge >= 0.3 is 26.2 Å². The first-order valence-electron chi connectivity index (χ1n) is 4.68. The minimum absolute atomic E-state index is 0. The number of rotatable bonds is 4. The van der Waals surface area contributed by atoms with Crippen LogP contribution in [0.15, 0.2) is 0 Å². The first kappa shape index (κ1) is 167. The van der Waals surface area contributed by atoms with Crippen LogP contribution in [-0.4, -0.2) is 50.1 Å². The van der Waals surface area contributed by atoms with Crippen molar-refractivity contribution in [1.29, 1.82) is 0 Å². The van der Waals surface area contributed by atoms with Crippen molar-refractivity contribution in [1.82, 2.24) is 0 Å². The predicted molar refractivity (Wildman–Crippen MR) is 172 cm³/mol. The van der Waals surface area contributed by atoms with E-state index in [-0.39, 0.29) is 251 Å². The quantitative estimate of drug-likeness (QED) is 0.229. The van der Waals surface area contributed by atoms with E-state index in [2.05, 4.69) is 22.9 Å². The molecule has 29 heteroatoms. The first-order chi connectivity index (χ1) is 9.08. The van der Waals surface area contributed by atoms with Gasteiger partial charge in [-0.15, -0.1) is 199 Å². The van der Waals surface area contributed by atoms with Gasteiger partial charge in [0.15, 0.2) is 0 Å². The fourth-order valence-corrected chi connectivity index (χ4v) is 0. The summed E-state index contributed by atoms with van der Waals surface area (Å²) in [4.78, 5) is 36.5. The molecule has 37 heavy (non-hydrogen) atoms. The van der Waals surface area contributed by atoms with Crippen molar-refractivity contribution in [2.45, 2.75) is 0 Å². The monoisotopic (exact) mass is 962 g/mol. The van der Waals surface area contributed by atoms with E-state index in [1.165, 1.54) is 0 Å². The van der Waals surface area contributed by atoms with Crippen molar-refractivity contribution >= 4 is 222 Å². The number of nitrogens with two attached hydrogens (primary N) is 4. The van der Waals surface area contributed by atoms with Gasteiger partial charge in [0.25, 0.3) is 0 Å². The molecule has 0 saturated carbocycles. The van der Waals surface area contributed by atoms with Crippen LogP contribution < -0.4 is 43.4 Å². The maximum absolute atomic E-state index is 9.13. The molecule has 0 unspecified atom stereocenters. The molecule has 0 aliphatic rings. The second-order valence-corrected chi connectivity index (χ2v) is 2.30. The van der Waals surface area contributed by atoms with E-state index in [1.807, 2.05) is 0 Å². The third-order valence-corrected chi connectivity index (χ3v) is 0.667. The topological polar surface area (TPSA) is 265 Å². The van der Waals surface area contributed by atoms with Crippen molar-refractivity contribution < 1.29 is 65.8 Å². The molecule has 0 fully saturated rings.